The van der Waals surface area contributed by atoms with E-state index in [4.69, 9.17) is 9.47 Å². The number of hydrogen-bond donors (Lipinski definition) is 0. The van der Waals surface area contributed by atoms with Crippen LogP contribution in [-0.2, 0) is 6.54 Å². The zero-order chi connectivity index (χ0) is 17.6. The molecular weight excluding hydrogens is 431 g/mol. The van der Waals surface area contributed by atoms with Crippen molar-refractivity contribution in [2.75, 3.05) is 14.2 Å². The number of benzene rings is 2. The number of azo groups is 1. The van der Waals surface area contributed by atoms with Gasteiger partial charge in [0, 0.05) is 18.1 Å². The maximum absolute atomic E-state index is 5.36. The van der Waals surface area contributed by atoms with Crippen molar-refractivity contribution in [2.24, 2.45) is 10.2 Å². The molecule has 0 radical (unpaired) electrons. The lowest BCUT2D eigenvalue weighted by Gasteiger charge is -2.10. The van der Waals surface area contributed by atoms with E-state index in [-0.39, 0.29) is 0 Å². The normalized spacial score (nSPS) is 11.0. The molecule has 128 valence electrons. The number of ether oxygens (including phenoxy) is 2. The molecule has 0 saturated heterocycles. The minimum atomic E-state index is 0.472. The monoisotopic (exact) mass is 448 g/mol. The van der Waals surface area contributed by atoms with E-state index in [9.17, 15) is 0 Å². The lowest BCUT2D eigenvalue weighted by atomic mass is 10.2. The van der Waals surface area contributed by atoms with Gasteiger partial charge in [0.1, 0.15) is 0 Å². The summed E-state index contributed by atoms with van der Waals surface area (Å²) in [5.41, 5.74) is 2.85. The molecule has 0 aliphatic carbocycles. The number of methoxy groups -OCH3 is 2. The highest BCUT2D eigenvalue weighted by molar-refractivity contribution is 14.1. The smallest absolute Gasteiger partial charge is 0.174 e. The zero-order valence-corrected chi connectivity index (χ0v) is 16.0. The fourth-order valence-corrected chi connectivity index (χ4v) is 3.25. The number of rotatable bonds is 6. The van der Waals surface area contributed by atoms with Crippen LogP contribution in [0.2, 0.25) is 0 Å². The van der Waals surface area contributed by atoms with E-state index >= 15 is 0 Å². The molecule has 0 bridgehead atoms. The molecule has 1 heterocycles. The average molecular weight is 448 g/mol. The van der Waals surface area contributed by atoms with Crippen LogP contribution in [0.5, 0.6) is 11.5 Å². The molecule has 0 N–H and O–H groups in total. The Hall–Kier alpha value is -2.42. The van der Waals surface area contributed by atoms with E-state index in [2.05, 4.69) is 37.8 Å². The average Bonchev–Trinajstić information content (AvgIpc) is 3.16. The molecule has 1 aromatic heterocycles. The van der Waals surface area contributed by atoms with Gasteiger partial charge in [-0.15, -0.1) is 0 Å². The van der Waals surface area contributed by atoms with Crippen molar-refractivity contribution >= 4 is 28.3 Å². The summed E-state index contributed by atoms with van der Waals surface area (Å²) in [4.78, 5) is 4.04. The van der Waals surface area contributed by atoms with Gasteiger partial charge in [-0.1, -0.05) is 0 Å². The van der Waals surface area contributed by atoms with Gasteiger partial charge in [0.2, 0.25) is 0 Å². The molecule has 0 aliphatic heterocycles. The van der Waals surface area contributed by atoms with Crippen molar-refractivity contribution in [1.82, 2.24) is 9.55 Å². The SMILES string of the molecule is COc1cc(CN=Nc2ccc(-n3ccnc3)cc2)cc(I)c1OC. The number of imidazole rings is 1. The Labute approximate surface area is 159 Å². The van der Waals surface area contributed by atoms with Crippen LogP contribution in [0.3, 0.4) is 0 Å². The largest absolute Gasteiger partial charge is 0.493 e. The van der Waals surface area contributed by atoms with Crippen LogP contribution in [0.4, 0.5) is 5.69 Å². The number of hydrogen-bond acceptors (Lipinski definition) is 5. The van der Waals surface area contributed by atoms with Crippen molar-refractivity contribution in [2.45, 2.75) is 6.54 Å². The minimum Gasteiger partial charge on any atom is -0.493 e. The first-order valence-corrected chi connectivity index (χ1v) is 8.65. The van der Waals surface area contributed by atoms with Gasteiger partial charge in [-0.3, -0.25) is 0 Å². The lowest BCUT2D eigenvalue weighted by Crippen LogP contribution is -1.95. The van der Waals surface area contributed by atoms with Gasteiger partial charge in [0.25, 0.3) is 0 Å². The summed E-state index contributed by atoms with van der Waals surface area (Å²) in [5, 5.41) is 8.56. The minimum absolute atomic E-state index is 0.472. The Morgan fingerprint density at radius 1 is 1.12 bits per heavy atom. The van der Waals surface area contributed by atoms with Crippen LogP contribution in [0, 0.1) is 3.57 Å². The van der Waals surface area contributed by atoms with Crippen molar-refractivity contribution in [3.8, 4) is 17.2 Å². The molecule has 6 nitrogen and oxygen atoms in total. The Morgan fingerprint density at radius 2 is 1.92 bits per heavy atom. The molecule has 3 aromatic rings. The summed E-state index contributed by atoms with van der Waals surface area (Å²) in [7, 11) is 3.26. The molecule has 2 aromatic carbocycles. The third-order valence-electron chi connectivity index (χ3n) is 3.59. The van der Waals surface area contributed by atoms with Crippen LogP contribution >= 0.6 is 22.6 Å². The van der Waals surface area contributed by atoms with Crippen LogP contribution in [0.15, 0.2) is 65.3 Å². The lowest BCUT2D eigenvalue weighted by molar-refractivity contribution is 0.352. The van der Waals surface area contributed by atoms with Gasteiger partial charge in [-0.2, -0.15) is 10.2 Å². The van der Waals surface area contributed by atoms with Crippen LogP contribution in [0.1, 0.15) is 5.56 Å². The fourth-order valence-electron chi connectivity index (χ4n) is 2.36. The molecular formula is C18H17IN4O2. The Balaban J connectivity index is 1.70. The third-order valence-corrected chi connectivity index (χ3v) is 4.39. The molecule has 25 heavy (non-hydrogen) atoms. The second kappa shape index (κ2) is 8.11. The Morgan fingerprint density at radius 3 is 2.56 bits per heavy atom. The molecule has 0 unspecified atom stereocenters. The van der Waals surface area contributed by atoms with Crippen LogP contribution < -0.4 is 9.47 Å². The van der Waals surface area contributed by atoms with Gasteiger partial charge in [0.15, 0.2) is 11.5 Å². The van der Waals surface area contributed by atoms with Crippen molar-refractivity contribution < 1.29 is 9.47 Å². The van der Waals surface area contributed by atoms with Gasteiger partial charge < -0.3 is 14.0 Å². The van der Waals surface area contributed by atoms with Crippen LogP contribution in [0.25, 0.3) is 5.69 Å². The summed E-state index contributed by atoms with van der Waals surface area (Å²) >= 11 is 2.22. The zero-order valence-electron chi connectivity index (χ0n) is 13.9. The van der Waals surface area contributed by atoms with E-state index in [1.165, 1.54) is 0 Å². The predicted molar refractivity (Wildman–Crippen MR) is 104 cm³/mol. The van der Waals surface area contributed by atoms with Gasteiger partial charge in [0.05, 0.1) is 36.3 Å². The maximum Gasteiger partial charge on any atom is 0.174 e. The second-order valence-corrected chi connectivity index (χ2v) is 6.36. The quantitative estimate of drug-likeness (QED) is 0.403. The fraction of sp³-hybridized carbons (Fsp3) is 0.167. The summed E-state index contributed by atoms with van der Waals surface area (Å²) < 4.78 is 13.6. The summed E-state index contributed by atoms with van der Waals surface area (Å²) in [6.07, 6.45) is 5.41. The van der Waals surface area contributed by atoms with Gasteiger partial charge in [-0.25, -0.2) is 4.98 Å². The van der Waals surface area contributed by atoms with E-state index in [1.54, 1.807) is 26.7 Å². The Kier molecular flexibility index (Phi) is 5.64. The van der Waals surface area contributed by atoms with Crippen LogP contribution in [-0.4, -0.2) is 23.8 Å². The first kappa shape index (κ1) is 17.4. The second-order valence-electron chi connectivity index (χ2n) is 5.20. The molecule has 0 spiro atoms. The first-order chi connectivity index (χ1) is 12.2. The molecule has 0 saturated carbocycles. The summed E-state index contributed by atoms with van der Waals surface area (Å²) in [5.74, 6) is 1.43. The topological polar surface area (TPSA) is 61.0 Å². The maximum atomic E-state index is 5.36. The molecule has 0 atom stereocenters. The standard InChI is InChI=1S/C18H17IN4O2/c1-24-17-10-13(9-16(19)18(17)25-2)11-21-22-14-3-5-15(6-4-14)23-8-7-20-12-23/h3-10,12H,11H2,1-2H3. The highest BCUT2D eigenvalue weighted by Crippen LogP contribution is 2.33. The van der Waals surface area contributed by atoms with Crippen molar-refractivity contribution in [3.63, 3.8) is 0 Å². The van der Waals surface area contributed by atoms with Gasteiger partial charge >= 0.3 is 0 Å². The third kappa shape index (κ3) is 4.16. The van der Waals surface area contributed by atoms with Crippen molar-refractivity contribution in [3.05, 3.63) is 64.3 Å². The number of halogens is 1. The van der Waals surface area contributed by atoms with Gasteiger partial charge in [-0.05, 0) is 64.6 Å². The van der Waals surface area contributed by atoms with E-state index < -0.39 is 0 Å². The highest BCUT2D eigenvalue weighted by Gasteiger charge is 2.10. The molecule has 3 rings (SSSR count). The predicted octanol–water partition coefficient (Wildman–Crippen LogP) is 4.78. The molecule has 0 amide bonds. The Bertz CT molecular complexity index is 862. The molecule has 0 aliphatic rings. The van der Waals surface area contributed by atoms with Crippen molar-refractivity contribution in [1.29, 1.82) is 0 Å². The van der Waals surface area contributed by atoms with E-state index in [1.807, 2.05) is 47.2 Å². The summed E-state index contributed by atoms with van der Waals surface area (Å²) in [6.45, 7) is 0.472. The number of nitrogens with zero attached hydrogens (tertiary/aromatic N) is 4. The van der Waals surface area contributed by atoms with E-state index in [0.29, 0.717) is 12.3 Å². The molecule has 7 heteroatoms. The summed E-state index contributed by atoms with van der Waals surface area (Å²) in [6, 6.07) is 11.8. The number of aromatic nitrogens is 2. The highest BCUT2D eigenvalue weighted by atomic mass is 127. The van der Waals surface area contributed by atoms with E-state index in [0.717, 1.165) is 26.3 Å². The first-order valence-electron chi connectivity index (χ1n) is 7.57. The molecule has 0 fully saturated rings.